The number of H-pyrrole nitrogens is 1. The lowest BCUT2D eigenvalue weighted by Gasteiger charge is -2.14. The second-order valence-electron chi connectivity index (χ2n) is 8.67. The van der Waals surface area contributed by atoms with E-state index in [0.29, 0.717) is 34.4 Å². The predicted octanol–water partition coefficient (Wildman–Crippen LogP) is 4.71. The number of aromatic nitrogens is 7. The van der Waals surface area contributed by atoms with Crippen LogP contribution in [-0.4, -0.2) is 40.8 Å². The molecule has 5 heterocycles. The van der Waals surface area contributed by atoms with Crippen LogP contribution in [0.3, 0.4) is 0 Å². The van der Waals surface area contributed by atoms with Crippen LogP contribution in [0.15, 0.2) is 67.4 Å². The van der Waals surface area contributed by atoms with Crippen molar-refractivity contribution in [1.29, 1.82) is 0 Å². The van der Waals surface area contributed by atoms with Gasteiger partial charge in [-0.1, -0.05) is 6.07 Å². The number of rotatable bonds is 7. The fraction of sp³-hybridized carbons (Fsp3) is 0.148. The number of nitrogens with one attached hydrogen (secondary N) is 3. The molecule has 1 atom stereocenters. The highest BCUT2D eigenvalue weighted by molar-refractivity contribution is 5.92. The summed E-state index contributed by atoms with van der Waals surface area (Å²) in [5, 5.41) is 6.06. The standard InChI is InChI=1S/C27H24FN9O/c1-15-10-24(36-25-13-29-14-32-25)37-26(33-15)19-5-8-22(31-12-19)27(38)35-16(2)18-4-7-21(30-11-18)20-6-9-23(28)34-17(20)3/h4-14,16H,1-3H3,(H,29,32)(H,35,38)(H,33,36,37). The number of carbonyl (C=O) groups is 1. The molecule has 0 saturated carbocycles. The minimum absolute atomic E-state index is 0.265. The van der Waals surface area contributed by atoms with Gasteiger partial charge in [-0.15, -0.1) is 0 Å². The average molecular weight is 510 g/mol. The Balaban J connectivity index is 1.26. The van der Waals surface area contributed by atoms with E-state index in [1.54, 1.807) is 50.0 Å². The monoisotopic (exact) mass is 509 g/mol. The number of hydrogen-bond donors (Lipinski definition) is 3. The normalized spacial score (nSPS) is 11.7. The van der Waals surface area contributed by atoms with Crippen molar-refractivity contribution in [2.45, 2.75) is 26.8 Å². The van der Waals surface area contributed by atoms with Gasteiger partial charge in [0.15, 0.2) is 5.82 Å². The van der Waals surface area contributed by atoms with Gasteiger partial charge in [0.05, 0.1) is 18.1 Å². The lowest BCUT2D eigenvalue weighted by molar-refractivity contribution is 0.0935. The van der Waals surface area contributed by atoms with E-state index in [2.05, 4.69) is 45.5 Å². The first-order valence-electron chi connectivity index (χ1n) is 11.8. The predicted molar refractivity (Wildman–Crippen MR) is 140 cm³/mol. The molecule has 10 nitrogen and oxygen atoms in total. The maximum Gasteiger partial charge on any atom is 0.270 e. The maximum atomic E-state index is 13.3. The van der Waals surface area contributed by atoms with Gasteiger partial charge in [0.2, 0.25) is 5.95 Å². The molecule has 0 fully saturated rings. The lowest BCUT2D eigenvalue weighted by Crippen LogP contribution is -2.27. The third kappa shape index (κ3) is 5.51. The molecule has 5 aromatic heterocycles. The van der Waals surface area contributed by atoms with Crippen molar-refractivity contribution in [1.82, 2.24) is 40.2 Å². The minimum atomic E-state index is -0.529. The number of hydrogen-bond acceptors (Lipinski definition) is 8. The summed E-state index contributed by atoms with van der Waals surface area (Å²) in [6.45, 7) is 5.47. The Morgan fingerprint density at radius 3 is 2.50 bits per heavy atom. The largest absolute Gasteiger partial charge is 0.349 e. The molecule has 0 aliphatic heterocycles. The van der Waals surface area contributed by atoms with Gasteiger partial charge in [0.25, 0.3) is 5.91 Å². The van der Waals surface area contributed by atoms with Crippen molar-refractivity contribution in [3.8, 4) is 22.6 Å². The molecule has 1 amide bonds. The van der Waals surface area contributed by atoms with Crippen LogP contribution in [0.5, 0.6) is 0 Å². The van der Waals surface area contributed by atoms with E-state index in [9.17, 15) is 9.18 Å². The number of imidazole rings is 1. The third-order valence-electron chi connectivity index (χ3n) is 5.82. The molecule has 38 heavy (non-hydrogen) atoms. The molecule has 5 aromatic rings. The summed E-state index contributed by atoms with van der Waals surface area (Å²) in [6.07, 6.45) is 6.55. The number of nitrogens with zero attached hydrogens (tertiary/aromatic N) is 6. The summed E-state index contributed by atoms with van der Waals surface area (Å²) >= 11 is 0. The lowest BCUT2D eigenvalue weighted by atomic mass is 10.1. The Morgan fingerprint density at radius 1 is 0.947 bits per heavy atom. The number of anilines is 2. The van der Waals surface area contributed by atoms with Crippen LogP contribution in [0, 0.1) is 19.8 Å². The van der Waals surface area contributed by atoms with Crippen LogP contribution >= 0.6 is 0 Å². The first-order chi connectivity index (χ1) is 18.4. The quantitative estimate of drug-likeness (QED) is 0.269. The summed E-state index contributed by atoms with van der Waals surface area (Å²) in [6, 6.07) is 11.5. The second-order valence-corrected chi connectivity index (χ2v) is 8.67. The van der Waals surface area contributed by atoms with Crippen LogP contribution in [0.2, 0.25) is 0 Å². The fourth-order valence-electron chi connectivity index (χ4n) is 3.86. The van der Waals surface area contributed by atoms with E-state index in [1.165, 1.54) is 6.07 Å². The second kappa shape index (κ2) is 10.5. The van der Waals surface area contributed by atoms with E-state index in [4.69, 9.17) is 0 Å². The van der Waals surface area contributed by atoms with E-state index < -0.39 is 5.95 Å². The highest BCUT2D eigenvalue weighted by atomic mass is 19.1. The minimum Gasteiger partial charge on any atom is -0.349 e. The first-order valence-corrected chi connectivity index (χ1v) is 11.8. The number of carbonyl (C=O) groups excluding carboxylic acids is 1. The van der Waals surface area contributed by atoms with Crippen molar-refractivity contribution >= 4 is 17.5 Å². The summed E-state index contributed by atoms with van der Waals surface area (Å²) in [5.41, 5.74) is 4.51. The van der Waals surface area contributed by atoms with Gasteiger partial charge >= 0.3 is 0 Å². The Kier molecular flexibility index (Phi) is 6.81. The summed E-state index contributed by atoms with van der Waals surface area (Å²) < 4.78 is 13.3. The maximum absolute atomic E-state index is 13.3. The van der Waals surface area contributed by atoms with Crippen molar-refractivity contribution < 1.29 is 9.18 Å². The van der Waals surface area contributed by atoms with Crippen LogP contribution in [-0.2, 0) is 0 Å². The van der Waals surface area contributed by atoms with Gasteiger partial charge < -0.3 is 15.6 Å². The van der Waals surface area contributed by atoms with Crippen LogP contribution < -0.4 is 10.6 Å². The van der Waals surface area contributed by atoms with Gasteiger partial charge in [-0.25, -0.2) is 19.9 Å². The molecule has 0 aliphatic carbocycles. The molecular weight excluding hydrogens is 485 g/mol. The van der Waals surface area contributed by atoms with Crippen LogP contribution in [0.4, 0.5) is 16.0 Å². The number of aromatic amines is 1. The molecule has 0 aliphatic rings. The molecule has 0 radical (unpaired) electrons. The Morgan fingerprint density at radius 2 is 1.82 bits per heavy atom. The van der Waals surface area contributed by atoms with E-state index in [1.807, 2.05) is 32.0 Å². The van der Waals surface area contributed by atoms with Crippen molar-refractivity contribution in [2.75, 3.05) is 5.32 Å². The summed E-state index contributed by atoms with van der Waals surface area (Å²) in [4.78, 5) is 41.5. The van der Waals surface area contributed by atoms with Crippen molar-refractivity contribution in [3.63, 3.8) is 0 Å². The molecule has 3 N–H and O–H groups in total. The number of halogens is 1. The fourth-order valence-corrected chi connectivity index (χ4v) is 3.86. The molecule has 190 valence electrons. The Hall–Kier alpha value is -5.06. The van der Waals surface area contributed by atoms with Gasteiger partial charge in [-0.05, 0) is 56.7 Å². The zero-order chi connectivity index (χ0) is 26.6. The average Bonchev–Trinajstić information content (AvgIpc) is 3.41. The van der Waals surface area contributed by atoms with Crippen LogP contribution in [0.1, 0.15) is 40.4 Å². The zero-order valence-corrected chi connectivity index (χ0v) is 20.9. The third-order valence-corrected chi connectivity index (χ3v) is 5.82. The molecule has 5 rings (SSSR count). The smallest absolute Gasteiger partial charge is 0.270 e. The van der Waals surface area contributed by atoms with E-state index >= 15 is 0 Å². The molecule has 0 aromatic carbocycles. The van der Waals surface area contributed by atoms with Gasteiger partial charge in [-0.2, -0.15) is 4.39 Å². The molecule has 1 unspecified atom stereocenters. The van der Waals surface area contributed by atoms with Crippen molar-refractivity contribution in [3.05, 3.63) is 96.0 Å². The van der Waals surface area contributed by atoms with Gasteiger partial charge in [-0.3, -0.25) is 14.8 Å². The molecular formula is C27H24FN9O. The van der Waals surface area contributed by atoms with Gasteiger partial charge in [0.1, 0.15) is 17.3 Å². The Bertz CT molecular complexity index is 1570. The highest BCUT2D eigenvalue weighted by Gasteiger charge is 2.15. The topological polar surface area (TPSA) is 134 Å². The zero-order valence-electron chi connectivity index (χ0n) is 20.9. The number of amides is 1. The Labute approximate surface area is 217 Å². The highest BCUT2D eigenvalue weighted by Crippen LogP contribution is 2.23. The van der Waals surface area contributed by atoms with E-state index in [0.717, 1.165) is 16.8 Å². The first kappa shape index (κ1) is 24.6. The summed E-state index contributed by atoms with van der Waals surface area (Å²) in [5.74, 6) is 0.868. The van der Waals surface area contributed by atoms with Crippen molar-refractivity contribution in [2.24, 2.45) is 0 Å². The van der Waals surface area contributed by atoms with E-state index in [-0.39, 0.29) is 17.6 Å². The molecule has 0 bridgehead atoms. The molecule has 11 heteroatoms. The molecule has 0 saturated heterocycles. The number of aryl methyl sites for hydroxylation is 2. The number of pyridine rings is 3. The summed E-state index contributed by atoms with van der Waals surface area (Å²) in [7, 11) is 0. The van der Waals surface area contributed by atoms with Gasteiger partial charge in [0, 0.05) is 47.2 Å². The SMILES string of the molecule is Cc1cc(Nc2c[nH]cn2)nc(-c2ccc(C(=O)NC(C)c3ccc(-c4ccc(F)nc4C)nc3)nc2)n1. The molecule has 0 spiro atoms. The van der Waals surface area contributed by atoms with Crippen LogP contribution in [0.25, 0.3) is 22.6 Å².